The van der Waals surface area contributed by atoms with Gasteiger partial charge >= 0.3 is 0 Å². The number of nitrogens with one attached hydrogen (secondary N) is 1. The van der Waals surface area contributed by atoms with E-state index in [9.17, 15) is 13.7 Å². The summed E-state index contributed by atoms with van der Waals surface area (Å²) < 4.78 is 27.9. The topological polar surface area (TPSA) is 93.7 Å². The lowest BCUT2D eigenvalue weighted by molar-refractivity contribution is 0.300. The molecular formula is C27H30N6O2S. The van der Waals surface area contributed by atoms with E-state index in [0.717, 1.165) is 59.2 Å². The minimum absolute atomic E-state index is 0.238. The van der Waals surface area contributed by atoms with Gasteiger partial charge in [-0.2, -0.15) is 5.26 Å². The molecule has 1 fully saturated rings. The molecule has 0 amide bonds. The predicted octanol–water partition coefficient (Wildman–Crippen LogP) is 4.12. The van der Waals surface area contributed by atoms with Crippen LogP contribution < -0.4 is 9.62 Å². The summed E-state index contributed by atoms with van der Waals surface area (Å²) in [6, 6.07) is 17.9. The Kier molecular flexibility index (Phi) is 6.10. The first-order chi connectivity index (χ1) is 17.2. The van der Waals surface area contributed by atoms with Gasteiger partial charge in [-0.25, -0.2) is 13.4 Å². The van der Waals surface area contributed by atoms with Gasteiger partial charge in [0.05, 0.1) is 29.0 Å². The molecule has 4 aromatic rings. The zero-order valence-electron chi connectivity index (χ0n) is 21.0. The predicted molar refractivity (Wildman–Crippen MR) is 144 cm³/mol. The van der Waals surface area contributed by atoms with Crippen LogP contribution in [0.25, 0.3) is 16.7 Å². The molecule has 8 nitrogen and oxygen atoms in total. The van der Waals surface area contributed by atoms with Gasteiger partial charge in [0.15, 0.2) is 5.65 Å². The van der Waals surface area contributed by atoms with E-state index in [2.05, 4.69) is 45.2 Å². The van der Waals surface area contributed by atoms with Gasteiger partial charge in [0.2, 0.25) is 10.0 Å². The number of fused-ring (bicyclic) bond motifs is 3. The highest BCUT2D eigenvalue weighted by Gasteiger charge is 2.32. The molecule has 0 aliphatic carbocycles. The summed E-state index contributed by atoms with van der Waals surface area (Å²) in [5, 5.41) is 10.2. The molecule has 5 rings (SSSR count). The molecular weight excluding hydrogens is 472 g/mol. The SMILES string of the molecule is Cc1c(Cc2ccc(NS(C)(=O)=O)cc2)c(N2CCCC2N(C)C)n2c(nc3ccccc32)c1C#N. The number of imidazole rings is 1. The van der Waals surface area contributed by atoms with Crippen LogP contribution in [0.2, 0.25) is 0 Å². The average Bonchev–Trinajstić information content (AvgIpc) is 3.45. The van der Waals surface area contributed by atoms with Crippen molar-refractivity contribution in [2.24, 2.45) is 0 Å². The van der Waals surface area contributed by atoms with Crippen molar-refractivity contribution in [3.8, 4) is 6.07 Å². The fraction of sp³-hybridized carbons (Fsp3) is 0.333. The maximum atomic E-state index is 11.6. The Hall–Kier alpha value is -3.61. The molecule has 0 spiro atoms. The number of hydrogen-bond acceptors (Lipinski definition) is 6. The van der Waals surface area contributed by atoms with Crippen LogP contribution in [0.3, 0.4) is 0 Å². The maximum absolute atomic E-state index is 11.6. The van der Waals surface area contributed by atoms with Crippen molar-refractivity contribution >= 4 is 38.2 Å². The Morgan fingerprint density at radius 1 is 1.17 bits per heavy atom. The molecule has 1 aliphatic heterocycles. The van der Waals surface area contributed by atoms with E-state index in [1.54, 1.807) is 12.1 Å². The minimum atomic E-state index is -3.34. The Balaban J connectivity index is 1.74. The second-order valence-corrected chi connectivity index (χ2v) is 11.4. The molecule has 1 aliphatic rings. The number of nitriles is 1. The van der Waals surface area contributed by atoms with Gasteiger partial charge in [0, 0.05) is 24.2 Å². The standard InChI is InChI=1S/C27H30N6O2S/c1-18-21(16-19-11-13-20(14-12-19)30-36(4,34)35)27(32-15-7-10-25(32)31(2)3)33-24-9-6-5-8-23(24)29-26(33)22(18)17-28/h5-6,8-9,11-14,25,30H,7,10,15-16H2,1-4H3. The van der Waals surface area contributed by atoms with E-state index in [0.29, 0.717) is 23.3 Å². The molecule has 1 N–H and O–H groups in total. The van der Waals surface area contributed by atoms with Crippen LogP contribution in [-0.4, -0.2) is 55.8 Å². The van der Waals surface area contributed by atoms with Gasteiger partial charge in [0.1, 0.15) is 11.9 Å². The Morgan fingerprint density at radius 2 is 1.89 bits per heavy atom. The highest BCUT2D eigenvalue weighted by atomic mass is 32.2. The summed E-state index contributed by atoms with van der Waals surface area (Å²) >= 11 is 0. The molecule has 0 bridgehead atoms. The number of aromatic nitrogens is 2. The van der Waals surface area contributed by atoms with Gasteiger partial charge in [-0.15, -0.1) is 0 Å². The molecule has 0 saturated carbocycles. The molecule has 2 aromatic heterocycles. The van der Waals surface area contributed by atoms with Gasteiger partial charge < -0.3 is 4.90 Å². The number of para-hydroxylation sites is 2. The van der Waals surface area contributed by atoms with Crippen LogP contribution in [-0.2, 0) is 16.4 Å². The quantitative estimate of drug-likeness (QED) is 0.426. The molecule has 2 aromatic carbocycles. The molecule has 36 heavy (non-hydrogen) atoms. The third-order valence-corrected chi connectivity index (χ3v) is 7.54. The Labute approximate surface area is 211 Å². The fourth-order valence-corrected chi connectivity index (χ4v) is 5.88. The molecule has 1 saturated heterocycles. The first-order valence-corrected chi connectivity index (χ1v) is 13.9. The van der Waals surface area contributed by atoms with E-state index in [4.69, 9.17) is 4.98 Å². The van der Waals surface area contributed by atoms with Crippen LogP contribution in [0.15, 0.2) is 48.5 Å². The molecule has 3 heterocycles. The second-order valence-electron chi connectivity index (χ2n) is 9.70. The van der Waals surface area contributed by atoms with Crippen molar-refractivity contribution < 1.29 is 8.42 Å². The van der Waals surface area contributed by atoms with Crippen molar-refractivity contribution in [2.45, 2.75) is 32.4 Å². The molecule has 1 unspecified atom stereocenters. The van der Waals surface area contributed by atoms with Gasteiger partial charge in [-0.05, 0) is 69.3 Å². The highest BCUT2D eigenvalue weighted by Crippen LogP contribution is 2.38. The summed E-state index contributed by atoms with van der Waals surface area (Å²) in [6.07, 6.45) is 4.13. The first kappa shape index (κ1) is 24.1. The summed E-state index contributed by atoms with van der Waals surface area (Å²) in [6.45, 7) is 2.93. The van der Waals surface area contributed by atoms with Crippen LogP contribution in [0.5, 0.6) is 0 Å². The average molecular weight is 503 g/mol. The molecule has 1 atom stereocenters. The number of benzene rings is 2. The minimum Gasteiger partial charge on any atom is -0.342 e. The number of sulfonamides is 1. The zero-order chi connectivity index (χ0) is 25.6. The lowest BCUT2D eigenvalue weighted by atomic mass is 9.97. The van der Waals surface area contributed by atoms with E-state index in [1.807, 2.05) is 37.3 Å². The number of hydrogen-bond donors (Lipinski definition) is 1. The van der Waals surface area contributed by atoms with Gasteiger partial charge in [-0.1, -0.05) is 24.3 Å². The van der Waals surface area contributed by atoms with Crippen molar-refractivity contribution in [2.75, 3.05) is 36.5 Å². The maximum Gasteiger partial charge on any atom is 0.229 e. The monoisotopic (exact) mass is 502 g/mol. The van der Waals surface area contributed by atoms with E-state index >= 15 is 0 Å². The number of nitrogens with zero attached hydrogens (tertiary/aromatic N) is 5. The number of pyridine rings is 1. The van der Waals surface area contributed by atoms with Crippen molar-refractivity contribution in [3.63, 3.8) is 0 Å². The molecule has 0 radical (unpaired) electrons. The highest BCUT2D eigenvalue weighted by molar-refractivity contribution is 7.92. The summed E-state index contributed by atoms with van der Waals surface area (Å²) in [4.78, 5) is 9.58. The van der Waals surface area contributed by atoms with Crippen molar-refractivity contribution in [1.82, 2.24) is 14.3 Å². The van der Waals surface area contributed by atoms with E-state index in [-0.39, 0.29) is 6.17 Å². The number of rotatable bonds is 6. The van der Waals surface area contributed by atoms with E-state index in [1.165, 1.54) is 0 Å². The van der Waals surface area contributed by atoms with E-state index < -0.39 is 10.0 Å². The molecule has 186 valence electrons. The van der Waals surface area contributed by atoms with Gasteiger partial charge in [-0.3, -0.25) is 14.0 Å². The third-order valence-electron chi connectivity index (χ3n) is 6.93. The smallest absolute Gasteiger partial charge is 0.229 e. The molecule has 9 heteroatoms. The van der Waals surface area contributed by atoms with Crippen LogP contribution >= 0.6 is 0 Å². The Bertz CT molecular complexity index is 1600. The largest absolute Gasteiger partial charge is 0.342 e. The summed E-state index contributed by atoms with van der Waals surface area (Å²) in [7, 11) is 0.871. The fourth-order valence-electron chi connectivity index (χ4n) is 5.32. The lowest BCUT2D eigenvalue weighted by Gasteiger charge is -2.34. The Morgan fingerprint density at radius 3 is 2.56 bits per heavy atom. The second kappa shape index (κ2) is 9.12. The third kappa shape index (κ3) is 4.27. The number of anilines is 2. The lowest BCUT2D eigenvalue weighted by Crippen LogP contribution is -2.42. The zero-order valence-corrected chi connectivity index (χ0v) is 21.8. The first-order valence-electron chi connectivity index (χ1n) is 12.0. The van der Waals surface area contributed by atoms with Crippen LogP contribution in [0.4, 0.5) is 11.5 Å². The van der Waals surface area contributed by atoms with Crippen molar-refractivity contribution in [1.29, 1.82) is 5.26 Å². The normalized spacial score (nSPS) is 16.2. The van der Waals surface area contributed by atoms with Crippen molar-refractivity contribution in [3.05, 3.63) is 70.8 Å². The van der Waals surface area contributed by atoms with Crippen LogP contribution in [0.1, 0.15) is 35.1 Å². The van der Waals surface area contributed by atoms with Crippen LogP contribution in [0, 0.1) is 18.3 Å². The van der Waals surface area contributed by atoms with Gasteiger partial charge in [0.25, 0.3) is 0 Å². The summed E-state index contributed by atoms with van der Waals surface area (Å²) in [5.74, 6) is 1.07. The summed E-state index contributed by atoms with van der Waals surface area (Å²) in [5.41, 5.74) is 6.69.